The van der Waals surface area contributed by atoms with Crippen LogP contribution in [0.2, 0.25) is 0 Å². The molecule has 0 aliphatic rings. The Balaban J connectivity index is 2.81. The van der Waals surface area contributed by atoms with E-state index in [0.717, 1.165) is 34.3 Å². The van der Waals surface area contributed by atoms with Gasteiger partial charge in [0, 0.05) is 29.6 Å². The summed E-state index contributed by atoms with van der Waals surface area (Å²) < 4.78 is 1.99. The van der Waals surface area contributed by atoms with Crippen molar-refractivity contribution >= 4 is 49.3 Å². The summed E-state index contributed by atoms with van der Waals surface area (Å²) in [6.45, 7) is 3.99. The Hall–Kier alpha value is 0.200. The zero-order chi connectivity index (χ0) is 11.3. The van der Waals surface area contributed by atoms with E-state index in [0.29, 0.717) is 5.88 Å². The summed E-state index contributed by atoms with van der Waals surface area (Å²) in [4.78, 5) is 6.60. The van der Waals surface area contributed by atoms with Crippen LogP contribution in [0, 0.1) is 0 Å². The van der Waals surface area contributed by atoms with Gasteiger partial charge in [-0.3, -0.25) is 0 Å². The molecular formula is C10H13Br2ClN2. The molecule has 0 amide bonds. The van der Waals surface area contributed by atoms with Crippen molar-refractivity contribution in [1.29, 1.82) is 0 Å². The second-order valence-electron chi connectivity index (χ2n) is 3.08. The van der Waals surface area contributed by atoms with Crippen LogP contribution in [0.3, 0.4) is 0 Å². The summed E-state index contributed by atoms with van der Waals surface area (Å²) in [7, 11) is 0. The summed E-state index contributed by atoms with van der Waals surface area (Å²) in [6, 6.07) is 2.01. The normalized spacial score (nSPS) is 10.4. The fourth-order valence-corrected chi connectivity index (χ4v) is 2.66. The number of pyridine rings is 1. The Morgan fingerprint density at radius 2 is 2.20 bits per heavy atom. The maximum atomic E-state index is 5.69. The van der Waals surface area contributed by atoms with Crippen molar-refractivity contribution in [2.75, 3.05) is 23.9 Å². The third-order valence-electron chi connectivity index (χ3n) is 2.03. The molecule has 1 heterocycles. The maximum absolute atomic E-state index is 5.69. The quantitative estimate of drug-likeness (QED) is 0.740. The van der Waals surface area contributed by atoms with Gasteiger partial charge in [-0.1, -0.05) is 0 Å². The predicted molar refractivity (Wildman–Crippen MR) is 72.9 cm³/mol. The van der Waals surface area contributed by atoms with Crippen LogP contribution in [0.15, 0.2) is 21.2 Å². The first kappa shape index (κ1) is 13.3. The van der Waals surface area contributed by atoms with Crippen molar-refractivity contribution in [3.05, 3.63) is 21.2 Å². The van der Waals surface area contributed by atoms with Crippen LogP contribution < -0.4 is 4.90 Å². The molecule has 2 nitrogen and oxygen atoms in total. The van der Waals surface area contributed by atoms with Gasteiger partial charge in [0.1, 0.15) is 5.82 Å². The lowest BCUT2D eigenvalue weighted by Crippen LogP contribution is -2.25. The number of anilines is 1. The summed E-state index contributed by atoms with van der Waals surface area (Å²) in [5.41, 5.74) is 0. The topological polar surface area (TPSA) is 16.1 Å². The number of aromatic nitrogens is 1. The zero-order valence-electron chi connectivity index (χ0n) is 8.51. The van der Waals surface area contributed by atoms with Crippen LogP contribution in [-0.2, 0) is 0 Å². The minimum atomic E-state index is 0.685. The number of alkyl halides is 1. The van der Waals surface area contributed by atoms with E-state index in [1.54, 1.807) is 0 Å². The molecule has 0 saturated heterocycles. The molecule has 0 spiro atoms. The van der Waals surface area contributed by atoms with E-state index in [-0.39, 0.29) is 0 Å². The highest BCUT2D eigenvalue weighted by Gasteiger charge is 2.09. The van der Waals surface area contributed by atoms with Gasteiger partial charge in [-0.05, 0) is 51.3 Å². The Morgan fingerprint density at radius 1 is 1.47 bits per heavy atom. The van der Waals surface area contributed by atoms with E-state index >= 15 is 0 Å². The van der Waals surface area contributed by atoms with Crippen LogP contribution in [0.25, 0.3) is 0 Å². The Kier molecular flexibility index (Phi) is 5.94. The van der Waals surface area contributed by atoms with Gasteiger partial charge in [0.2, 0.25) is 0 Å². The summed E-state index contributed by atoms with van der Waals surface area (Å²) >= 11 is 12.6. The van der Waals surface area contributed by atoms with Gasteiger partial charge in [0.15, 0.2) is 0 Å². The lowest BCUT2D eigenvalue weighted by atomic mass is 10.3. The van der Waals surface area contributed by atoms with Crippen molar-refractivity contribution in [3.63, 3.8) is 0 Å². The number of halogens is 3. The van der Waals surface area contributed by atoms with Gasteiger partial charge in [0.05, 0.1) is 4.47 Å². The minimum Gasteiger partial charge on any atom is -0.356 e. The molecule has 0 N–H and O–H groups in total. The van der Waals surface area contributed by atoms with Crippen LogP contribution >= 0.6 is 43.5 Å². The van der Waals surface area contributed by atoms with Gasteiger partial charge in [-0.15, -0.1) is 11.6 Å². The molecule has 0 saturated carbocycles. The molecule has 0 aliphatic heterocycles. The SMILES string of the molecule is CCN(CCCCl)c1ncc(Br)cc1Br. The van der Waals surface area contributed by atoms with Gasteiger partial charge >= 0.3 is 0 Å². The Labute approximate surface area is 112 Å². The summed E-state index contributed by atoms with van der Waals surface area (Å²) in [5, 5.41) is 0. The number of nitrogens with zero attached hydrogens (tertiary/aromatic N) is 2. The smallest absolute Gasteiger partial charge is 0.142 e. The van der Waals surface area contributed by atoms with Crippen molar-refractivity contribution in [3.8, 4) is 0 Å². The van der Waals surface area contributed by atoms with Crippen LogP contribution in [0.5, 0.6) is 0 Å². The van der Waals surface area contributed by atoms with Gasteiger partial charge in [-0.25, -0.2) is 4.98 Å². The van der Waals surface area contributed by atoms with Crippen LogP contribution in [0.4, 0.5) is 5.82 Å². The first-order chi connectivity index (χ1) is 7.19. The number of hydrogen-bond donors (Lipinski definition) is 0. The summed E-state index contributed by atoms with van der Waals surface area (Å²) in [5.74, 6) is 1.66. The molecule has 1 aromatic rings. The van der Waals surface area contributed by atoms with E-state index in [1.165, 1.54) is 0 Å². The standard InChI is InChI=1S/C10H13Br2ClN2/c1-2-15(5-3-4-13)10-9(12)6-8(11)7-14-10/h6-7H,2-5H2,1H3. The van der Waals surface area contributed by atoms with Crippen molar-refractivity contribution < 1.29 is 0 Å². The molecule has 5 heteroatoms. The largest absolute Gasteiger partial charge is 0.356 e. The molecule has 0 fully saturated rings. The summed E-state index contributed by atoms with van der Waals surface area (Å²) in [6.07, 6.45) is 2.78. The van der Waals surface area contributed by atoms with E-state index < -0.39 is 0 Å². The second kappa shape index (κ2) is 6.71. The highest BCUT2D eigenvalue weighted by Crippen LogP contribution is 2.26. The molecule has 0 bridgehead atoms. The number of rotatable bonds is 5. The molecule has 1 aromatic heterocycles. The molecule has 0 aromatic carbocycles. The van der Waals surface area contributed by atoms with Crippen molar-refractivity contribution in [2.24, 2.45) is 0 Å². The molecular weight excluding hydrogens is 343 g/mol. The Morgan fingerprint density at radius 3 is 2.73 bits per heavy atom. The van der Waals surface area contributed by atoms with Gasteiger partial charge < -0.3 is 4.90 Å². The Bertz CT molecular complexity index is 320. The highest BCUT2D eigenvalue weighted by atomic mass is 79.9. The van der Waals surface area contributed by atoms with E-state index in [1.807, 2.05) is 12.3 Å². The average Bonchev–Trinajstić information content (AvgIpc) is 2.21. The highest BCUT2D eigenvalue weighted by molar-refractivity contribution is 9.11. The maximum Gasteiger partial charge on any atom is 0.142 e. The predicted octanol–water partition coefficient (Wildman–Crippen LogP) is 4.06. The third-order valence-corrected chi connectivity index (χ3v) is 3.32. The van der Waals surface area contributed by atoms with Crippen LogP contribution in [-0.4, -0.2) is 24.0 Å². The zero-order valence-corrected chi connectivity index (χ0v) is 12.4. The third kappa shape index (κ3) is 3.93. The molecule has 0 aliphatic carbocycles. The molecule has 0 radical (unpaired) electrons. The van der Waals surface area contributed by atoms with Gasteiger partial charge in [0.25, 0.3) is 0 Å². The van der Waals surface area contributed by atoms with Crippen molar-refractivity contribution in [1.82, 2.24) is 4.98 Å². The average molecular weight is 356 g/mol. The fraction of sp³-hybridized carbons (Fsp3) is 0.500. The monoisotopic (exact) mass is 354 g/mol. The van der Waals surface area contributed by atoms with Crippen molar-refractivity contribution in [2.45, 2.75) is 13.3 Å². The molecule has 15 heavy (non-hydrogen) atoms. The minimum absolute atomic E-state index is 0.685. The van der Waals surface area contributed by atoms with E-state index in [2.05, 4.69) is 48.7 Å². The lowest BCUT2D eigenvalue weighted by molar-refractivity contribution is 0.779. The van der Waals surface area contributed by atoms with Crippen LogP contribution in [0.1, 0.15) is 13.3 Å². The van der Waals surface area contributed by atoms with E-state index in [9.17, 15) is 0 Å². The number of hydrogen-bond acceptors (Lipinski definition) is 2. The molecule has 0 atom stereocenters. The first-order valence-electron chi connectivity index (χ1n) is 4.81. The fourth-order valence-electron chi connectivity index (χ4n) is 1.30. The second-order valence-corrected chi connectivity index (χ2v) is 5.23. The molecule has 0 unspecified atom stereocenters. The lowest BCUT2D eigenvalue weighted by Gasteiger charge is -2.22. The molecule has 1 rings (SSSR count). The first-order valence-corrected chi connectivity index (χ1v) is 6.93. The van der Waals surface area contributed by atoms with Gasteiger partial charge in [-0.2, -0.15) is 0 Å². The molecule has 84 valence electrons. The van der Waals surface area contributed by atoms with E-state index in [4.69, 9.17) is 11.6 Å².